The normalized spacial score (nSPS) is 15.3. The van der Waals surface area contributed by atoms with E-state index in [9.17, 15) is 14.4 Å². The molecule has 1 saturated heterocycles. The molecule has 24 heavy (non-hydrogen) atoms. The van der Waals surface area contributed by atoms with E-state index in [4.69, 9.17) is 4.74 Å². The fraction of sp³-hybridized carbons (Fsp3) is 0.471. The molecule has 0 aliphatic carbocycles. The molecule has 0 aromatic heterocycles. The molecule has 1 aromatic carbocycles. The third-order valence-corrected chi connectivity index (χ3v) is 4.66. The molecule has 0 spiro atoms. The second-order valence-electron chi connectivity index (χ2n) is 5.93. The van der Waals surface area contributed by atoms with E-state index in [1.165, 1.54) is 23.6 Å². The number of carbonyl (C=O) groups is 3. The topological polar surface area (TPSA) is 75.7 Å². The largest absolute Gasteiger partial charge is 0.451 e. The van der Waals surface area contributed by atoms with Gasteiger partial charge in [0.25, 0.3) is 11.1 Å². The Morgan fingerprint density at radius 3 is 2.46 bits per heavy atom. The molecule has 0 unspecified atom stereocenters. The Morgan fingerprint density at radius 1 is 1.29 bits per heavy atom. The quantitative estimate of drug-likeness (QED) is 0.826. The van der Waals surface area contributed by atoms with Gasteiger partial charge in [0, 0.05) is 18.0 Å². The van der Waals surface area contributed by atoms with Crippen LogP contribution >= 0.6 is 11.8 Å². The minimum atomic E-state index is -0.928. The van der Waals surface area contributed by atoms with Crippen molar-refractivity contribution in [3.05, 3.63) is 28.8 Å². The summed E-state index contributed by atoms with van der Waals surface area (Å²) in [7, 11) is 0. The summed E-state index contributed by atoms with van der Waals surface area (Å²) in [4.78, 5) is 37.0. The van der Waals surface area contributed by atoms with E-state index in [0.29, 0.717) is 12.3 Å². The Bertz CT molecular complexity index is 652. The second kappa shape index (κ2) is 7.70. The Morgan fingerprint density at radius 2 is 1.92 bits per heavy atom. The van der Waals surface area contributed by atoms with Gasteiger partial charge in [-0.15, -0.1) is 0 Å². The number of carbonyl (C=O) groups excluding carboxylic acids is 3. The predicted molar refractivity (Wildman–Crippen MR) is 94.3 cm³/mol. The lowest BCUT2D eigenvalue weighted by atomic mass is 10.0. The van der Waals surface area contributed by atoms with Crippen LogP contribution in [-0.4, -0.2) is 47.0 Å². The number of nitrogens with zero attached hydrogens (tertiary/aromatic N) is 1. The van der Waals surface area contributed by atoms with Crippen LogP contribution in [0.3, 0.4) is 0 Å². The van der Waals surface area contributed by atoms with Crippen LogP contribution in [0.5, 0.6) is 0 Å². The Labute approximate surface area is 145 Å². The third kappa shape index (κ3) is 4.50. The second-order valence-corrected chi connectivity index (χ2v) is 6.98. The van der Waals surface area contributed by atoms with E-state index in [0.717, 1.165) is 22.4 Å². The van der Waals surface area contributed by atoms with Crippen LogP contribution < -0.4 is 5.32 Å². The van der Waals surface area contributed by atoms with Gasteiger partial charge >= 0.3 is 5.97 Å². The number of anilines is 1. The highest BCUT2D eigenvalue weighted by molar-refractivity contribution is 8.13. The number of thioether (sulfide) groups is 1. The third-order valence-electron chi connectivity index (χ3n) is 3.77. The van der Waals surface area contributed by atoms with Gasteiger partial charge in [-0.3, -0.25) is 14.4 Å². The van der Waals surface area contributed by atoms with E-state index in [1.807, 2.05) is 32.9 Å². The van der Waals surface area contributed by atoms with Gasteiger partial charge < -0.3 is 15.0 Å². The fourth-order valence-corrected chi connectivity index (χ4v) is 3.44. The number of ether oxygens (including phenoxy) is 1. The molecule has 6 nitrogen and oxygen atoms in total. The number of hydrogen-bond acceptors (Lipinski definition) is 5. The van der Waals surface area contributed by atoms with Crippen LogP contribution in [0.2, 0.25) is 0 Å². The summed E-state index contributed by atoms with van der Waals surface area (Å²) in [6, 6.07) is 3.96. The number of esters is 1. The summed E-state index contributed by atoms with van der Waals surface area (Å²) in [6.07, 6.45) is -0.928. The number of aryl methyl sites for hydroxylation is 3. The molecule has 1 aliphatic heterocycles. The summed E-state index contributed by atoms with van der Waals surface area (Å²) >= 11 is 1.18. The van der Waals surface area contributed by atoms with Gasteiger partial charge in [-0.1, -0.05) is 29.5 Å². The summed E-state index contributed by atoms with van der Waals surface area (Å²) in [6.45, 7) is 7.76. The first-order chi connectivity index (χ1) is 11.3. The molecule has 0 saturated carbocycles. The lowest BCUT2D eigenvalue weighted by molar-refractivity contribution is -0.153. The van der Waals surface area contributed by atoms with Crippen molar-refractivity contribution < 1.29 is 19.1 Å². The number of nitrogens with one attached hydrogen (secondary N) is 1. The Hall–Kier alpha value is -2.02. The van der Waals surface area contributed by atoms with E-state index >= 15 is 0 Å². The average molecular weight is 350 g/mol. The molecule has 0 radical (unpaired) electrons. The zero-order valence-corrected chi connectivity index (χ0v) is 15.2. The maximum Gasteiger partial charge on any atom is 0.326 e. The van der Waals surface area contributed by atoms with Crippen LogP contribution in [0.1, 0.15) is 23.6 Å². The summed E-state index contributed by atoms with van der Waals surface area (Å²) in [5, 5.41) is 2.68. The summed E-state index contributed by atoms with van der Waals surface area (Å²) < 4.78 is 5.14. The molecule has 1 fully saturated rings. The first-order valence-corrected chi connectivity index (χ1v) is 8.76. The van der Waals surface area contributed by atoms with E-state index in [-0.39, 0.29) is 17.7 Å². The highest BCUT2D eigenvalue weighted by atomic mass is 32.2. The number of benzene rings is 1. The Kier molecular flexibility index (Phi) is 5.88. The number of amides is 2. The van der Waals surface area contributed by atoms with Crippen molar-refractivity contribution in [1.82, 2.24) is 4.90 Å². The molecule has 7 heteroatoms. The maximum atomic E-state index is 12.3. The van der Waals surface area contributed by atoms with Crippen LogP contribution in [0.15, 0.2) is 12.1 Å². The average Bonchev–Trinajstić information content (AvgIpc) is 2.87. The molecular weight excluding hydrogens is 328 g/mol. The van der Waals surface area contributed by atoms with Crippen LogP contribution in [0.25, 0.3) is 0 Å². The monoisotopic (exact) mass is 350 g/mol. The summed E-state index contributed by atoms with van der Waals surface area (Å²) in [5.74, 6) is -0.292. The lowest BCUT2D eigenvalue weighted by Gasteiger charge is -2.18. The van der Waals surface area contributed by atoms with Gasteiger partial charge in [-0.2, -0.15) is 0 Å². The highest BCUT2D eigenvalue weighted by Gasteiger charge is 2.26. The molecule has 1 aliphatic rings. The molecule has 2 rings (SSSR count). The maximum absolute atomic E-state index is 12.3. The SMILES string of the molecule is Cc1cc(C)c(NC(=O)[C@H](C)OC(=O)CN2CCSC2=O)c(C)c1. The first kappa shape index (κ1) is 18.3. The van der Waals surface area contributed by atoms with Crippen molar-refractivity contribution in [2.75, 3.05) is 24.2 Å². The first-order valence-electron chi connectivity index (χ1n) is 7.78. The van der Waals surface area contributed by atoms with Crippen molar-refractivity contribution in [2.45, 2.75) is 33.8 Å². The molecule has 2 amide bonds. The van der Waals surface area contributed by atoms with Gasteiger partial charge in [-0.25, -0.2) is 0 Å². The van der Waals surface area contributed by atoms with Crippen molar-refractivity contribution in [3.8, 4) is 0 Å². The van der Waals surface area contributed by atoms with Crippen molar-refractivity contribution in [2.24, 2.45) is 0 Å². The van der Waals surface area contributed by atoms with Crippen LogP contribution in [0.4, 0.5) is 10.5 Å². The van der Waals surface area contributed by atoms with Crippen molar-refractivity contribution in [1.29, 1.82) is 0 Å². The zero-order valence-electron chi connectivity index (χ0n) is 14.3. The fourth-order valence-electron chi connectivity index (χ4n) is 2.62. The minimum absolute atomic E-state index is 0.119. The molecule has 1 heterocycles. The summed E-state index contributed by atoms with van der Waals surface area (Å²) in [5.41, 5.74) is 3.77. The Balaban J connectivity index is 1.92. The number of hydrogen-bond donors (Lipinski definition) is 1. The molecule has 1 aromatic rings. The molecule has 130 valence electrons. The van der Waals surface area contributed by atoms with E-state index in [2.05, 4.69) is 5.32 Å². The van der Waals surface area contributed by atoms with Crippen molar-refractivity contribution >= 4 is 34.6 Å². The minimum Gasteiger partial charge on any atom is -0.451 e. The van der Waals surface area contributed by atoms with Gasteiger partial charge in [-0.05, 0) is 38.8 Å². The standard InChI is InChI=1S/C17H22N2O4S/c1-10-7-11(2)15(12(3)8-10)18-16(21)13(4)23-14(20)9-19-5-6-24-17(19)22/h7-8,13H,5-6,9H2,1-4H3,(H,18,21)/t13-/m0/s1. The molecule has 1 atom stereocenters. The van der Waals surface area contributed by atoms with Gasteiger partial charge in [0.15, 0.2) is 6.10 Å². The van der Waals surface area contributed by atoms with E-state index in [1.54, 1.807) is 0 Å². The molecular formula is C17H22N2O4S. The van der Waals surface area contributed by atoms with E-state index < -0.39 is 12.1 Å². The smallest absolute Gasteiger partial charge is 0.326 e. The van der Waals surface area contributed by atoms with Gasteiger partial charge in [0.1, 0.15) is 6.54 Å². The molecule has 0 bridgehead atoms. The highest BCUT2D eigenvalue weighted by Crippen LogP contribution is 2.22. The van der Waals surface area contributed by atoms with Gasteiger partial charge in [0.2, 0.25) is 0 Å². The number of rotatable bonds is 5. The van der Waals surface area contributed by atoms with Crippen LogP contribution in [-0.2, 0) is 14.3 Å². The van der Waals surface area contributed by atoms with Gasteiger partial charge in [0.05, 0.1) is 0 Å². The predicted octanol–water partition coefficient (Wildman–Crippen LogP) is 2.65. The van der Waals surface area contributed by atoms with Crippen LogP contribution in [0, 0.1) is 20.8 Å². The van der Waals surface area contributed by atoms with Crippen molar-refractivity contribution in [3.63, 3.8) is 0 Å². The molecule has 1 N–H and O–H groups in total. The zero-order chi connectivity index (χ0) is 17.9. The lowest BCUT2D eigenvalue weighted by Crippen LogP contribution is -2.36.